The second-order valence-electron chi connectivity index (χ2n) is 7.10. The van der Waals surface area contributed by atoms with Crippen LogP contribution in [0.15, 0.2) is 36.7 Å². The van der Waals surface area contributed by atoms with Crippen LogP contribution in [0.5, 0.6) is 0 Å². The van der Waals surface area contributed by atoms with Gasteiger partial charge < -0.3 is 15.0 Å². The molecule has 0 aliphatic carbocycles. The average molecular weight is 379 g/mol. The van der Waals surface area contributed by atoms with Gasteiger partial charge in [0.2, 0.25) is 0 Å². The number of aromatic amines is 1. The van der Waals surface area contributed by atoms with E-state index in [9.17, 15) is 14.7 Å². The van der Waals surface area contributed by atoms with Crippen molar-refractivity contribution in [1.82, 2.24) is 24.6 Å². The summed E-state index contributed by atoms with van der Waals surface area (Å²) in [5.74, 6) is -1.33. The van der Waals surface area contributed by atoms with Gasteiger partial charge in [0.1, 0.15) is 6.04 Å². The lowest BCUT2D eigenvalue weighted by molar-refractivity contribution is -0.142. The molecule has 2 aromatic heterocycles. The van der Waals surface area contributed by atoms with Crippen LogP contribution < -0.4 is 0 Å². The monoisotopic (exact) mass is 379 g/mol. The number of carbonyl (C=O) groups is 2. The molecule has 1 unspecified atom stereocenters. The minimum atomic E-state index is -1.03. The lowest BCUT2D eigenvalue weighted by atomic mass is 10.0. The maximum absolute atomic E-state index is 13.1. The van der Waals surface area contributed by atoms with Gasteiger partial charge in [0.15, 0.2) is 0 Å². The van der Waals surface area contributed by atoms with Crippen molar-refractivity contribution in [3.05, 3.63) is 70.6 Å². The van der Waals surface area contributed by atoms with Crippen LogP contribution in [0.2, 0.25) is 0 Å². The van der Waals surface area contributed by atoms with Crippen molar-refractivity contribution in [3.8, 4) is 0 Å². The standard InChI is InChI=1S/C20H21N5O3/c1-12-6-13(2)25(23-12)9-14-4-3-5-15(7-14)19(26)24-10-17-16(21-11-22-17)8-18(24)20(27)28/h3-7,11,18H,8-10H2,1-2H3,(H,21,22)(H,27,28). The Bertz CT molecular complexity index is 1050. The van der Waals surface area contributed by atoms with E-state index < -0.39 is 12.0 Å². The number of benzene rings is 1. The molecular weight excluding hydrogens is 358 g/mol. The van der Waals surface area contributed by atoms with E-state index >= 15 is 0 Å². The van der Waals surface area contributed by atoms with Gasteiger partial charge in [-0.3, -0.25) is 9.48 Å². The molecule has 8 nitrogen and oxygen atoms in total. The summed E-state index contributed by atoms with van der Waals surface area (Å²) in [7, 11) is 0. The number of fused-ring (bicyclic) bond motifs is 1. The number of carbonyl (C=O) groups excluding carboxylic acids is 1. The number of amides is 1. The number of carboxylic acids is 1. The number of nitrogens with one attached hydrogen (secondary N) is 1. The van der Waals surface area contributed by atoms with Gasteiger partial charge in [0, 0.05) is 17.7 Å². The lowest BCUT2D eigenvalue weighted by Gasteiger charge is -2.32. The molecule has 0 radical (unpaired) electrons. The predicted molar refractivity (Wildman–Crippen MR) is 101 cm³/mol. The Balaban J connectivity index is 1.60. The number of rotatable bonds is 4. The summed E-state index contributed by atoms with van der Waals surface area (Å²) in [6.45, 7) is 4.68. The van der Waals surface area contributed by atoms with Crippen LogP contribution in [0.4, 0.5) is 0 Å². The van der Waals surface area contributed by atoms with Gasteiger partial charge in [0.05, 0.1) is 36.5 Å². The van der Waals surface area contributed by atoms with Gasteiger partial charge in [-0.05, 0) is 37.6 Å². The van der Waals surface area contributed by atoms with Crippen molar-refractivity contribution < 1.29 is 14.7 Å². The Kier molecular flexibility index (Phi) is 4.46. The number of aryl methyl sites for hydroxylation is 2. The quantitative estimate of drug-likeness (QED) is 0.721. The van der Waals surface area contributed by atoms with Crippen molar-refractivity contribution in [2.45, 2.75) is 39.4 Å². The van der Waals surface area contributed by atoms with E-state index in [1.807, 2.05) is 36.7 Å². The normalized spacial score (nSPS) is 16.1. The molecule has 2 N–H and O–H groups in total. The first-order chi connectivity index (χ1) is 13.4. The van der Waals surface area contributed by atoms with E-state index in [-0.39, 0.29) is 18.9 Å². The van der Waals surface area contributed by atoms with Crippen LogP contribution in [-0.4, -0.2) is 47.7 Å². The highest BCUT2D eigenvalue weighted by molar-refractivity contribution is 5.97. The number of carboxylic acid groups (broad SMARTS) is 1. The molecule has 3 aromatic rings. The van der Waals surface area contributed by atoms with E-state index in [4.69, 9.17) is 0 Å². The number of aliphatic carboxylic acids is 1. The van der Waals surface area contributed by atoms with E-state index in [1.165, 1.54) is 11.2 Å². The Morgan fingerprint density at radius 2 is 2.11 bits per heavy atom. The third kappa shape index (κ3) is 3.28. The summed E-state index contributed by atoms with van der Waals surface area (Å²) < 4.78 is 1.89. The Morgan fingerprint density at radius 3 is 2.82 bits per heavy atom. The smallest absolute Gasteiger partial charge is 0.326 e. The molecule has 0 saturated carbocycles. The molecule has 1 aliphatic heterocycles. The fourth-order valence-corrected chi connectivity index (χ4v) is 3.65. The number of aromatic nitrogens is 4. The first-order valence-corrected chi connectivity index (χ1v) is 9.07. The Labute approximate surface area is 161 Å². The van der Waals surface area contributed by atoms with Crippen LogP contribution in [-0.2, 0) is 24.3 Å². The molecule has 0 spiro atoms. The van der Waals surface area contributed by atoms with Gasteiger partial charge in [-0.1, -0.05) is 12.1 Å². The van der Waals surface area contributed by atoms with Crippen LogP contribution in [0, 0.1) is 13.8 Å². The zero-order valence-corrected chi connectivity index (χ0v) is 15.7. The lowest BCUT2D eigenvalue weighted by Crippen LogP contribution is -2.48. The number of imidazole rings is 1. The molecule has 1 aliphatic rings. The molecular formula is C20H21N5O3. The summed E-state index contributed by atoms with van der Waals surface area (Å²) >= 11 is 0. The first kappa shape index (κ1) is 18.0. The maximum atomic E-state index is 13.1. The van der Waals surface area contributed by atoms with Crippen molar-refractivity contribution >= 4 is 11.9 Å². The molecule has 3 heterocycles. The van der Waals surface area contributed by atoms with Crippen LogP contribution in [0.3, 0.4) is 0 Å². The topological polar surface area (TPSA) is 104 Å². The first-order valence-electron chi connectivity index (χ1n) is 9.07. The van der Waals surface area contributed by atoms with Crippen molar-refractivity contribution in [1.29, 1.82) is 0 Å². The van der Waals surface area contributed by atoms with Gasteiger partial charge in [-0.2, -0.15) is 5.10 Å². The molecule has 0 saturated heterocycles. The number of hydrogen-bond donors (Lipinski definition) is 2. The average Bonchev–Trinajstić information content (AvgIpc) is 3.25. The summed E-state index contributed by atoms with van der Waals surface area (Å²) in [5, 5.41) is 14.1. The van der Waals surface area contributed by atoms with Gasteiger partial charge in [0.25, 0.3) is 5.91 Å². The minimum Gasteiger partial charge on any atom is -0.480 e. The third-order valence-corrected chi connectivity index (χ3v) is 5.05. The molecule has 28 heavy (non-hydrogen) atoms. The Morgan fingerprint density at radius 1 is 1.29 bits per heavy atom. The minimum absolute atomic E-state index is 0.200. The fraction of sp³-hybridized carbons (Fsp3) is 0.300. The second-order valence-corrected chi connectivity index (χ2v) is 7.10. The Hall–Kier alpha value is -3.42. The van der Waals surface area contributed by atoms with Crippen LogP contribution in [0.25, 0.3) is 0 Å². The number of nitrogens with zero attached hydrogens (tertiary/aromatic N) is 4. The fourth-order valence-electron chi connectivity index (χ4n) is 3.65. The van der Waals surface area contributed by atoms with E-state index in [1.54, 1.807) is 12.1 Å². The van der Waals surface area contributed by atoms with Crippen molar-refractivity contribution in [2.24, 2.45) is 0 Å². The predicted octanol–water partition coefficient (Wildman–Crippen LogP) is 1.92. The largest absolute Gasteiger partial charge is 0.480 e. The van der Waals surface area contributed by atoms with E-state index in [0.29, 0.717) is 17.8 Å². The zero-order chi connectivity index (χ0) is 19.8. The molecule has 1 atom stereocenters. The number of hydrogen-bond acceptors (Lipinski definition) is 4. The van der Waals surface area contributed by atoms with Gasteiger partial charge in [-0.25, -0.2) is 9.78 Å². The van der Waals surface area contributed by atoms with Gasteiger partial charge >= 0.3 is 5.97 Å². The molecule has 144 valence electrons. The molecule has 4 rings (SSSR count). The highest BCUT2D eigenvalue weighted by Crippen LogP contribution is 2.23. The summed E-state index contributed by atoms with van der Waals surface area (Å²) in [5.41, 5.74) is 4.87. The van der Waals surface area contributed by atoms with Crippen LogP contribution >= 0.6 is 0 Å². The van der Waals surface area contributed by atoms with Crippen LogP contribution in [0.1, 0.15) is 38.7 Å². The molecule has 0 fully saturated rings. The van der Waals surface area contributed by atoms with Crippen molar-refractivity contribution in [2.75, 3.05) is 0 Å². The molecule has 8 heteroatoms. The van der Waals surface area contributed by atoms with Crippen molar-refractivity contribution in [3.63, 3.8) is 0 Å². The summed E-state index contributed by atoms with van der Waals surface area (Å²) in [6, 6.07) is 8.35. The van der Waals surface area contributed by atoms with Gasteiger partial charge in [-0.15, -0.1) is 0 Å². The van der Waals surface area contributed by atoms with E-state index in [0.717, 1.165) is 22.6 Å². The third-order valence-electron chi connectivity index (χ3n) is 5.05. The highest BCUT2D eigenvalue weighted by Gasteiger charge is 2.36. The highest BCUT2D eigenvalue weighted by atomic mass is 16.4. The summed E-state index contributed by atoms with van der Waals surface area (Å²) in [6.07, 6.45) is 1.73. The molecule has 1 amide bonds. The number of H-pyrrole nitrogens is 1. The second kappa shape index (κ2) is 6.95. The SMILES string of the molecule is Cc1cc(C)n(Cc2cccc(C(=O)N3Cc4[nH]cnc4CC3C(=O)O)c2)n1. The zero-order valence-electron chi connectivity index (χ0n) is 15.7. The summed E-state index contributed by atoms with van der Waals surface area (Å²) in [4.78, 5) is 33.4. The van der Waals surface area contributed by atoms with E-state index in [2.05, 4.69) is 15.1 Å². The molecule has 0 bridgehead atoms. The maximum Gasteiger partial charge on any atom is 0.326 e. The molecule has 1 aromatic carbocycles.